The van der Waals surface area contributed by atoms with Gasteiger partial charge in [-0.1, -0.05) is 6.07 Å². The molecule has 6 heteroatoms. The fraction of sp³-hybridized carbons (Fsp3) is 0.467. The first-order valence-electron chi connectivity index (χ1n) is 6.86. The standard InChI is InChI=1S/C15H18F2N2O2/c1-18(2)14(20)10-6-8-19(9-7-10)15(21)11-4-3-5-12(16)13(11)17/h3-5,10H,6-9H2,1-2H3. The molecule has 0 aliphatic carbocycles. The number of likely N-dealkylation sites (tertiary alicyclic amines) is 1. The molecule has 0 radical (unpaired) electrons. The second-order valence-corrected chi connectivity index (χ2v) is 5.40. The Morgan fingerprint density at radius 3 is 2.38 bits per heavy atom. The number of rotatable bonds is 2. The van der Waals surface area contributed by atoms with Crippen LogP contribution in [0.1, 0.15) is 23.2 Å². The fourth-order valence-electron chi connectivity index (χ4n) is 2.53. The summed E-state index contributed by atoms with van der Waals surface area (Å²) in [6.07, 6.45) is 1.08. The maximum atomic E-state index is 13.6. The summed E-state index contributed by atoms with van der Waals surface area (Å²) in [7, 11) is 3.39. The van der Waals surface area contributed by atoms with Crippen molar-refractivity contribution < 1.29 is 18.4 Å². The average Bonchev–Trinajstić information content (AvgIpc) is 2.48. The van der Waals surface area contributed by atoms with Gasteiger partial charge in [-0.2, -0.15) is 0 Å². The van der Waals surface area contributed by atoms with E-state index < -0.39 is 17.5 Å². The molecule has 0 N–H and O–H groups in total. The van der Waals surface area contributed by atoms with Crippen LogP contribution in [0.3, 0.4) is 0 Å². The van der Waals surface area contributed by atoms with Crippen LogP contribution < -0.4 is 0 Å². The molecule has 1 aliphatic heterocycles. The molecular weight excluding hydrogens is 278 g/mol. The number of hydrogen-bond acceptors (Lipinski definition) is 2. The van der Waals surface area contributed by atoms with Crippen LogP contribution in [0, 0.1) is 17.6 Å². The van der Waals surface area contributed by atoms with E-state index in [0.717, 1.165) is 6.07 Å². The molecule has 1 saturated heterocycles. The van der Waals surface area contributed by atoms with Crippen LogP contribution >= 0.6 is 0 Å². The molecular formula is C15H18F2N2O2. The predicted molar refractivity (Wildman–Crippen MR) is 73.7 cm³/mol. The Balaban J connectivity index is 2.04. The number of amides is 2. The molecule has 1 aromatic carbocycles. The zero-order valence-corrected chi connectivity index (χ0v) is 12.1. The molecule has 0 atom stereocenters. The third kappa shape index (κ3) is 3.20. The highest BCUT2D eigenvalue weighted by Crippen LogP contribution is 2.22. The first-order chi connectivity index (χ1) is 9.91. The lowest BCUT2D eigenvalue weighted by Gasteiger charge is -2.32. The third-order valence-electron chi connectivity index (χ3n) is 3.75. The molecule has 21 heavy (non-hydrogen) atoms. The van der Waals surface area contributed by atoms with Gasteiger partial charge >= 0.3 is 0 Å². The molecule has 1 aromatic rings. The predicted octanol–water partition coefficient (Wildman–Crippen LogP) is 1.91. The molecule has 4 nitrogen and oxygen atoms in total. The lowest BCUT2D eigenvalue weighted by Crippen LogP contribution is -2.43. The van der Waals surface area contributed by atoms with Gasteiger partial charge in [-0.25, -0.2) is 8.78 Å². The SMILES string of the molecule is CN(C)C(=O)C1CCN(C(=O)c2cccc(F)c2F)CC1. The van der Waals surface area contributed by atoms with Crippen molar-refractivity contribution in [3.63, 3.8) is 0 Å². The van der Waals surface area contributed by atoms with Crippen molar-refractivity contribution in [3.05, 3.63) is 35.4 Å². The van der Waals surface area contributed by atoms with Crippen molar-refractivity contribution >= 4 is 11.8 Å². The van der Waals surface area contributed by atoms with E-state index in [9.17, 15) is 18.4 Å². The van der Waals surface area contributed by atoms with E-state index >= 15 is 0 Å². The zero-order chi connectivity index (χ0) is 15.6. The summed E-state index contributed by atoms with van der Waals surface area (Å²) in [4.78, 5) is 27.1. The van der Waals surface area contributed by atoms with Gasteiger partial charge in [-0.3, -0.25) is 9.59 Å². The molecule has 0 spiro atoms. The second kappa shape index (κ2) is 6.20. The lowest BCUT2D eigenvalue weighted by atomic mass is 9.95. The van der Waals surface area contributed by atoms with Crippen molar-refractivity contribution in [1.29, 1.82) is 0 Å². The molecule has 1 fully saturated rings. The van der Waals surface area contributed by atoms with E-state index in [2.05, 4.69) is 0 Å². The van der Waals surface area contributed by atoms with Gasteiger partial charge in [0, 0.05) is 33.1 Å². The van der Waals surface area contributed by atoms with Crippen molar-refractivity contribution in [2.45, 2.75) is 12.8 Å². The van der Waals surface area contributed by atoms with E-state index in [0.29, 0.717) is 25.9 Å². The van der Waals surface area contributed by atoms with Crippen LogP contribution in [0.5, 0.6) is 0 Å². The van der Waals surface area contributed by atoms with Crippen LogP contribution in [0.15, 0.2) is 18.2 Å². The largest absolute Gasteiger partial charge is 0.349 e. The lowest BCUT2D eigenvalue weighted by molar-refractivity contribution is -0.134. The average molecular weight is 296 g/mol. The first-order valence-corrected chi connectivity index (χ1v) is 6.86. The summed E-state index contributed by atoms with van der Waals surface area (Å²) in [5.74, 6) is -2.74. The van der Waals surface area contributed by atoms with Crippen LogP contribution in [0.2, 0.25) is 0 Å². The smallest absolute Gasteiger partial charge is 0.256 e. The normalized spacial score (nSPS) is 15.9. The van der Waals surface area contributed by atoms with Crippen molar-refractivity contribution in [1.82, 2.24) is 9.80 Å². The molecule has 1 heterocycles. The van der Waals surface area contributed by atoms with Gasteiger partial charge < -0.3 is 9.80 Å². The van der Waals surface area contributed by atoms with E-state index in [-0.39, 0.29) is 17.4 Å². The number of nitrogens with zero attached hydrogens (tertiary/aromatic N) is 2. The first kappa shape index (κ1) is 15.4. The summed E-state index contributed by atoms with van der Waals surface area (Å²) < 4.78 is 26.8. The molecule has 0 aromatic heterocycles. The highest BCUT2D eigenvalue weighted by molar-refractivity contribution is 5.94. The Kier molecular flexibility index (Phi) is 4.55. The topological polar surface area (TPSA) is 40.6 Å². The van der Waals surface area contributed by atoms with Crippen LogP contribution in [0.25, 0.3) is 0 Å². The maximum Gasteiger partial charge on any atom is 0.256 e. The molecule has 2 rings (SSSR count). The monoisotopic (exact) mass is 296 g/mol. The maximum absolute atomic E-state index is 13.6. The van der Waals surface area contributed by atoms with Gasteiger partial charge in [0.15, 0.2) is 11.6 Å². The molecule has 1 aliphatic rings. The molecule has 0 unspecified atom stereocenters. The molecule has 0 bridgehead atoms. The summed E-state index contributed by atoms with van der Waals surface area (Å²) in [6, 6.07) is 3.57. The van der Waals surface area contributed by atoms with Gasteiger partial charge in [-0.05, 0) is 25.0 Å². The van der Waals surface area contributed by atoms with Crippen molar-refractivity contribution in [2.24, 2.45) is 5.92 Å². The van der Waals surface area contributed by atoms with E-state index in [4.69, 9.17) is 0 Å². The Morgan fingerprint density at radius 2 is 1.81 bits per heavy atom. The minimum atomic E-state index is -1.12. The Bertz CT molecular complexity index is 553. The minimum absolute atomic E-state index is 0.0408. The minimum Gasteiger partial charge on any atom is -0.349 e. The summed E-state index contributed by atoms with van der Waals surface area (Å²) in [5, 5.41) is 0. The van der Waals surface area contributed by atoms with E-state index in [1.165, 1.54) is 21.9 Å². The summed E-state index contributed by atoms with van der Waals surface area (Å²) in [5.41, 5.74) is -0.257. The number of carbonyl (C=O) groups excluding carboxylic acids is 2. The van der Waals surface area contributed by atoms with Crippen LogP contribution in [-0.2, 0) is 4.79 Å². The highest BCUT2D eigenvalue weighted by atomic mass is 19.2. The van der Waals surface area contributed by atoms with Gasteiger partial charge in [0.25, 0.3) is 5.91 Å². The number of halogens is 2. The zero-order valence-electron chi connectivity index (χ0n) is 12.1. The molecule has 0 saturated carbocycles. The fourth-order valence-corrected chi connectivity index (χ4v) is 2.53. The molecule has 114 valence electrons. The summed E-state index contributed by atoms with van der Waals surface area (Å²) >= 11 is 0. The quantitative estimate of drug-likeness (QED) is 0.836. The van der Waals surface area contributed by atoms with E-state index in [1.54, 1.807) is 14.1 Å². The number of hydrogen-bond donors (Lipinski definition) is 0. The van der Waals surface area contributed by atoms with Crippen molar-refractivity contribution in [2.75, 3.05) is 27.2 Å². The number of benzene rings is 1. The number of piperidine rings is 1. The molecule has 2 amide bonds. The van der Waals surface area contributed by atoms with Gasteiger partial charge in [0.2, 0.25) is 5.91 Å². The van der Waals surface area contributed by atoms with Gasteiger partial charge in [-0.15, -0.1) is 0 Å². The number of carbonyl (C=O) groups is 2. The highest BCUT2D eigenvalue weighted by Gasteiger charge is 2.29. The Labute approximate surface area is 122 Å². The Hall–Kier alpha value is -1.98. The van der Waals surface area contributed by atoms with Gasteiger partial charge in [0.1, 0.15) is 0 Å². The van der Waals surface area contributed by atoms with E-state index in [1.807, 2.05) is 0 Å². The summed E-state index contributed by atoms with van der Waals surface area (Å²) in [6.45, 7) is 0.748. The Morgan fingerprint density at radius 1 is 1.19 bits per heavy atom. The van der Waals surface area contributed by atoms with Crippen molar-refractivity contribution in [3.8, 4) is 0 Å². The van der Waals surface area contributed by atoms with Crippen LogP contribution in [0.4, 0.5) is 8.78 Å². The third-order valence-corrected chi connectivity index (χ3v) is 3.75. The second-order valence-electron chi connectivity index (χ2n) is 5.40. The van der Waals surface area contributed by atoms with Crippen LogP contribution in [-0.4, -0.2) is 48.8 Å². The van der Waals surface area contributed by atoms with Gasteiger partial charge in [0.05, 0.1) is 5.56 Å².